The number of aliphatic hydroxyl groups excluding tert-OH is 1. The van der Waals surface area contributed by atoms with Crippen molar-refractivity contribution in [2.45, 2.75) is 64.8 Å². The van der Waals surface area contributed by atoms with Crippen molar-refractivity contribution in [1.29, 1.82) is 0 Å². The number of β-amino-alcohol motifs (C(OH)–C–C–N with tert-alkyl or cyclic N) is 1. The van der Waals surface area contributed by atoms with Gasteiger partial charge in [-0.3, -0.25) is 4.90 Å². The van der Waals surface area contributed by atoms with E-state index in [1.807, 2.05) is 0 Å². The molecule has 0 radical (unpaired) electrons. The highest BCUT2D eigenvalue weighted by Gasteiger charge is 2.26. The minimum Gasteiger partial charge on any atom is -0.389 e. The Morgan fingerprint density at radius 1 is 1.19 bits per heavy atom. The second-order valence-electron chi connectivity index (χ2n) is 6.48. The average Bonchev–Trinajstić information content (AvgIpc) is 2.45. The normalized spacial score (nSPS) is 25.0. The van der Waals surface area contributed by atoms with Crippen LogP contribution in [0.2, 0.25) is 0 Å². The summed E-state index contributed by atoms with van der Waals surface area (Å²) >= 11 is 0. The van der Waals surface area contributed by atoms with Crippen molar-refractivity contribution in [2.75, 3.05) is 13.2 Å². The number of ether oxygens (including phenoxy) is 1. The molecule has 0 spiro atoms. The van der Waals surface area contributed by atoms with Gasteiger partial charge in [-0.2, -0.15) is 0 Å². The monoisotopic (exact) mass is 291 g/mol. The van der Waals surface area contributed by atoms with Gasteiger partial charge in [0.15, 0.2) is 0 Å². The molecule has 0 bridgehead atoms. The molecular formula is C18H29NO2. The molecule has 0 unspecified atom stereocenters. The third-order valence-corrected chi connectivity index (χ3v) is 4.50. The summed E-state index contributed by atoms with van der Waals surface area (Å²) in [5.74, 6) is 0. The number of hydrogen-bond acceptors (Lipinski definition) is 3. The number of hydrogen-bond donors (Lipinski definition) is 1. The van der Waals surface area contributed by atoms with Crippen LogP contribution in [0.3, 0.4) is 0 Å². The summed E-state index contributed by atoms with van der Waals surface area (Å²) in [5.41, 5.74) is 2.42. The Hall–Kier alpha value is -0.900. The number of rotatable bonds is 6. The fourth-order valence-electron chi connectivity index (χ4n) is 3.13. The summed E-state index contributed by atoms with van der Waals surface area (Å²) in [6.07, 6.45) is 3.37. The van der Waals surface area contributed by atoms with E-state index in [4.69, 9.17) is 4.74 Å². The Balaban J connectivity index is 1.71. The molecule has 1 aromatic carbocycles. The predicted molar refractivity (Wildman–Crippen MR) is 86.3 cm³/mol. The maximum Gasteiger partial charge on any atom is 0.0900 e. The van der Waals surface area contributed by atoms with Gasteiger partial charge in [0.05, 0.1) is 19.3 Å². The first-order valence-corrected chi connectivity index (χ1v) is 8.13. The topological polar surface area (TPSA) is 32.7 Å². The number of piperidine rings is 1. The van der Waals surface area contributed by atoms with Crippen molar-refractivity contribution in [2.24, 2.45) is 0 Å². The van der Waals surface area contributed by atoms with Gasteiger partial charge in [0.1, 0.15) is 0 Å². The molecule has 1 heterocycles. The van der Waals surface area contributed by atoms with E-state index in [1.54, 1.807) is 0 Å². The number of benzene rings is 1. The fourth-order valence-corrected chi connectivity index (χ4v) is 3.13. The zero-order chi connectivity index (χ0) is 15.2. The molecule has 0 aliphatic carbocycles. The van der Waals surface area contributed by atoms with Crippen molar-refractivity contribution in [3.8, 4) is 0 Å². The first kappa shape index (κ1) is 16.5. The van der Waals surface area contributed by atoms with Gasteiger partial charge in [-0.1, -0.05) is 36.2 Å². The van der Waals surface area contributed by atoms with E-state index in [0.29, 0.717) is 25.3 Å². The van der Waals surface area contributed by atoms with Crippen LogP contribution in [0.1, 0.15) is 44.2 Å². The van der Waals surface area contributed by atoms with Crippen molar-refractivity contribution in [3.63, 3.8) is 0 Å². The van der Waals surface area contributed by atoms with E-state index in [9.17, 15) is 5.11 Å². The molecule has 3 heteroatoms. The van der Waals surface area contributed by atoms with Crippen LogP contribution < -0.4 is 0 Å². The van der Waals surface area contributed by atoms with Gasteiger partial charge < -0.3 is 9.84 Å². The van der Waals surface area contributed by atoms with Gasteiger partial charge in [0, 0.05) is 18.6 Å². The van der Waals surface area contributed by atoms with E-state index in [1.165, 1.54) is 24.8 Å². The maximum absolute atomic E-state index is 10.2. The molecule has 1 aliphatic rings. The molecule has 1 saturated heterocycles. The molecule has 21 heavy (non-hydrogen) atoms. The highest BCUT2D eigenvalue weighted by atomic mass is 16.5. The van der Waals surface area contributed by atoms with Crippen molar-refractivity contribution < 1.29 is 9.84 Å². The SMILES string of the molecule is Cc1ccc(COC[C@@H](O)CN2[C@@H](C)CCC[C@@H]2C)cc1. The molecule has 1 fully saturated rings. The minimum absolute atomic E-state index is 0.404. The van der Waals surface area contributed by atoms with Gasteiger partial charge in [0.2, 0.25) is 0 Å². The lowest BCUT2D eigenvalue weighted by molar-refractivity contribution is -0.0135. The zero-order valence-corrected chi connectivity index (χ0v) is 13.6. The van der Waals surface area contributed by atoms with Crippen LogP contribution in [-0.2, 0) is 11.3 Å². The second-order valence-corrected chi connectivity index (χ2v) is 6.48. The van der Waals surface area contributed by atoms with Gasteiger partial charge in [-0.05, 0) is 39.2 Å². The fraction of sp³-hybridized carbons (Fsp3) is 0.667. The van der Waals surface area contributed by atoms with Gasteiger partial charge in [-0.15, -0.1) is 0 Å². The van der Waals surface area contributed by atoms with Gasteiger partial charge >= 0.3 is 0 Å². The molecule has 3 atom stereocenters. The summed E-state index contributed by atoms with van der Waals surface area (Å²) in [6.45, 7) is 8.29. The Kier molecular flexibility index (Phi) is 6.22. The summed E-state index contributed by atoms with van der Waals surface area (Å²) in [4.78, 5) is 2.42. The van der Waals surface area contributed by atoms with Crippen LogP contribution in [-0.4, -0.2) is 41.3 Å². The van der Waals surface area contributed by atoms with Crippen LogP contribution in [0.5, 0.6) is 0 Å². The molecule has 1 aliphatic heterocycles. The zero-order valence-electron chi connectivity index (χ0n) is 13.6. The summed E-state index contributed by atoms with van der Waals surface area (Å²) in [5, 5.41) is 10.2. The van der Waals surface area contributed by atoms with E-state index in [0.717, 1.165) is 12.1 Å². The van der Waals surface area contributed by atoms with E-state index < -0.39 is 6.10 Å². The Morgan fingerprint density at radius 2 is 1.81 bits per heavy atom. The smallest absolute Gasteiger partial charge is 0.0900 e. The lowest BCUT2D eigenvalue weighted by Gasteiger charge is -2.40. The maximum atomic E-state index is 10.2. The standard InChI is InChI=1S/C18H29NO2/c1-14-7-9-17(10-8-14)12-21-13-18(20)11-19-15(2)5-4-6-16(19)3/h7-10,15-16,18,20H,4-6,11-13H2,1-3H3/t15-,16-,18-/m0/s1. The van der Waals surface area contributed by atoms with Gasteiger partial charge in [-0.25, -0.2) is 0 Å². The number of likely N-dealkylation sites (tertiary alicyclic amines) is 1. The van der Waals surface area contributed by atoms with Crippen molar-refractivity contribution in [1.82, 2.24) is 4.90 Å². The Morgan fingerprint density at radius 3 is 2.43 bits per heavy atom. The van der Waals surface area contributed by atoms with Crippen LogP contribution in [0.15, 0.2) is 24.3 Å². The third kappa shape index (κ3) is 5.10. The lowest BCUT2D eigenvalue weighted by atomic mass is 9.97. The first-order valence-electron chi connectivity index (χ1n) is 8.13. The Labute approximate surface area is 128 Å². The molecule has 0 saturated carbocycles. The number of aryl methyl sites for hydroxylation is 1. The summed E-state index contributed by atoms with van der Waals surface area (Å²) < 4.78 is 5.66. The Bertz CT molecular complexity index is 408. The van der Waals surface area contributed by atoms with Crippen LogP contribution in [0, 0.1) is 6.92 Å². The number of aliphatic hydroxyl groups is 1. The molecule has 0 aromatic heterocycles. The molecule has 2 rings (SSSR count). The third-order valence-electron chi connectivity index (χ3n) is 4.50. The summed E-state index contributed by atoms with van der Waals surface area (Å²) in [6, 6.07) is 9.48. The molecule has 118 valence electrons. The van der Waals surface area contributed by atoms with Crippen molar-refractivity contribution >= 4 is 0 Å². The lowest BCUT2D eigenvalue weighted by Crippen LogP contribution is -2.48. The largest absolute Gasteiger partial charge is 0.389 e. The predicted octanol–water partition coefficient (Wildman–Crippen LogP) is 3.14. The van der Waals surface area contributed by atoms with Crippen molar-refractivity contribution in [3.05, 3.63) is 35.4 Å². The average molecular weight is 291 g/mol. The quantitative estimate of drug-likeness (QED) is 0.874. The van der Waals surface area contributed by atoms with Crippen LogP contribution >= 0.6 is 0 Å². The highest BCUT2D eigenvalue weighted by Crippen LogP contribution is 2.22. The molecular weight excluding hydrogens is 262 g/mol. The van der Waals surface area contributed by atoms with Crippen LogP contribution in [0.25, 0.3) is 0 Å². The summed E-state index contributed by atoms with van der Waals surface area (Å²) in [7, 11) is 0. The highest BCUT2D eigenvalue weighted by molar-refractivity contribution is 5.20. The molecule has 1 N–H and O–H groups in total. The first-order chi connectivity index (χ1) is 10.1. The number of nitrogens with zero attached hydrogens (tertiary/aromatic N) is 1. The molecule has 3 nitrogen and oxygen atoms in total. The van der Waals surface area contributed by atoms with Gasteiger partial charge in [0.25, 0.3) is 0 Å². The molecule has 0 amide bonds. The molecule has 1 aromatic rings. The minimum atomic E-state index is -0.404. The van der Waals surface area contributed by atoms with E-state index in [-0.39, 0.29) is 0 Å². The van der Waals surface area contributed by atoms with E-state index >= 15 is 0 Å². The van der Waals surface area contributed by atoms with Crippen LogP contribution in [0.4, 0.5) is 0 Å². The van der Waals surface area contributed by atoms with E-state index in [2.05, 4.69) is 49.9 Å². The second kappa shape index (κ2) is 7.92.